The zero-order valence-corrected chi connectivity index (χ0v) is 13.9. The largest absolute Gasteiger partial charge is 0.327 e. The van der Waals surface area contributed by atoms with Crippen molar-refractivity contribution >= 4 is 23.7 Å². The molecule has 21 heavy (non-hydrogen) atoms. The molecule has 5 heteroatoms. The molecule has 0 amide bonds. The van der Waals surface area contributed by atoms with Crippen molar-refractivity contribution in [3.63, 3.8) is 0 Å². The molecule has 2 heterocycles. The topological polar surface area (TPSA) is 42.2 Å². The molecule has 0 aliphatic carbocycles. The lowest BCUT2D eigenvalue weighted by atomic mass is 10.1. The van der Waals surface area contributed by atoms with Crippen molar-refractivity contribution in [2.75, 3.05) is 13.1 Å². The summed E-state index contributed by atoms with van der Waals surface area (Å²) in [6.45, 7) is 5.18. The average molecular weight is 324 g/mol. The summed E-state index contributed by atoms with van der Waals surface area (Å²) in [7, 11) is 0. The smallest absolute Gasteiger partial charge is 0.123 e. The highest BCUT2D eigenvalue weighted by Crippen LogP contribution is 2.25. The number of thiazole rings is 1. The van der Waals surface area contributed by atoms with Crippen LogP contribution in [0, 0.1) is 6.92 Å². The van der Waals surface area contributed by atoms with E-state index in [-0.39, 0.29) is 12.4 Å². The Bertz CT molecular complexity index is 567. The molecule has 2 aromatic rings. The van der Waals surface area contributed by atoms with Crippen molar-refractivity contribution in [2.24, 2.45) is 5.73 Å². The molecule has 1 aromatic heterocycles. The second kappa shape index (κ2) is 7.36. The van der Waals surface area contributed by atoms with Crippen molar-refractivity contribution in [3.05, 3.63) is 40.9 Å². The Morgan fingerprint density at radius 2 is 2.10 bits per heavy atom. The first-order valence-electron chi connectivity index (χ1n) is 7.20. The predicted molar refractivity (Wildman–Crippen MR) is 92.0 cm³/mol. The summed E-state index contributed by atoms with van der Waals surface area (Å²) >= 11 is 1.73. The molecule has 114 valence electrons. The van der Waals surface area contributed by atoms with Crippen LogP contribution in [0.1, 0.15) is 24.1 Å². The molecule has 1 aliphatic rings. The summed E-state index contributed by atoms with van der Waals surface area (Å²) < 4.78 is 0. The van der Waals surface area contributed by atoms with E-state index in [0.29, 0.717) is 6.04 Å². The maximum atomic E-state index is 6.03. The fourth-order valence-electron chi connectivity index (χ4n) is 2.67. The lowest BCUT2D eigenvalue weighted by molar-refractivity contribution is 0.200. The summed E-state index contributed by atoms with van der Waals surface area (Å²) in [6.07, 6.45) is 2.36. The number of hydrogen-bond donors (Lipinski definition) is 1. The van der Waals surface area contributed by atoms with Crippen molar-refractivity contribution < 1.29 is 0 Å². The number of hydrogen-bond acceptors (Lipinski definition) is 4. The Balaban J connectivity index is 0.00000161. The predicted octanol–water partition coefficient (Wildman–Crippen LogP) is 3.46. The number of rotatable bonds is 3. The van der Waals surface area contributed by atoms with Gasteiger partial charge in [-0.15, -0.1) is 23.7 Å². The van der Waals surface area contributed by atoms with Gasteiger partial charge in [0.1, 0.15) is 5.01 Å². The maximum Gasteiger partial charge on any atom is 0.123 e. The number of aryl methyl sites for hydroxylation is 1. The Kier molecular flexibility index (Phi) is 5.76. The van der Waals surface area contributed by atoms with Gasteiger partial charge in [-0.3, -0.25) is 4.90 Å². The summed E-state index contributed by atoms with van der Waals surface area (Å²) in [5.74, 6) is 0. The van der Waals surface area contributed by atoms with E-state index in [1.165, 1.54) is 23.2 Å². The van der Waals surface area contributed by atoms with E-state index >= 15 is 0 Å². The minimum atomic E-state index is 0. The van der Waals surface area contributed by atoms with Gasteiger partial charge >= 0.3 is 0 Å². The second-order valence-corrected chi connectivity index (χ2v) is 6.51. The number of aromatic nitrogens is 1. The van der Waals surface area contributed by atoms with E-state index in [1.54, 1.807) is 11.3 Å². The minimum Gasteiger partial charge on any atom is -0.327 e. The first-order chi connectivity index (χ1) is 9.70. The van der Waals surface area contributed by atoms with Crippen LogP contribution in [0.2, 0.25) is 0 Å². The van der Waals surface area contributed by atoms with Gasteiger partial charge in [-0.2, -0.15) is 0 Å². The first kappa shape index (κ1) is 16.4. The van der Waals surface area contributed by atoms with E-state index in [0.717, 1.165) is 31.1 Å². The second-order valence-electron chi connectivity index (χ2n) is 5.65. The lowest BCUT2D eigenvalue weighted by Crippen LogP contribution is -2.42. The van der Waals surface area contributed by atoms with Crippen molar-refractivity contribution in [1.82, 2.24) is 9.88 Å². The van der Waals surface area contributed by atoms with Crippen molar-refractivity contribution in [2.45, 2.75) is 32.4 Å². The number of nitrogens with zero attached hydrogens (tertiary/aromatic N) is 2. The molecule has 1 fully saturated rings. The minimum absolute atomic E-state index is 0. The van der Waals surface area contributed by atoms with Crippen LogP contribution >= 0.6 is 23.7 Å². The third-order valence-electron chi connectivity index (χ3n) is 3.78. The number of benzene rings is 1. The Morgan fingerprint density at radius 3 is 2.81 bits per heavy atom. The van der Waals surface area contributed by atoms with Crippen LogP contribution in [0.15, 0.2) is 29.6 Å². The summed E-state index contributed by atoms with van der Waals surface area (Å²) in [6, 6.07) is 8.91. The monoisotopic (exact) mass is 323 g/mol. The van der Waals surface area contributed by atoms with Gasteiger partial charge in [-0.05, 0) is 26.3 Å². The van der Waals surface area contributed by atoms with Crippen LogP contribution in [-0.4, -0.2) is 29.0 Å². The zero-order chi connectivity index (χ0) is 13.9. The van der Waals surface area contributed by atoms with Crippen LogP contribution in [0.4, 0.5) is 0 Å². The number of nitrogens with two attached hydrogens (primary N) is 1. The first-order valence-corrected chi connectivity index (χ1v) is 8.08. The third-order valence-corrected chi connectivity index (χ3v) is 4.72. The molecule has 1 saturated heterocycles. The molecule has 1 aliphatic heterocycles. The van der Waals surface area contributed by atoms with Gasteiger partial charge in [0.15, 0.2) is 0 Å². The van der Waals surface area contributed by atoms with Gasteiger partial charge in [0, 0.05) is 30.1 Å². The van der Waals surface area contributed by atoms with Crippen LogP contribution in [-0.2, 0) is 6.54 Å². The van der Waals surface area contributed by atoms with E-state index in [4.69, 9.17) is 10.7 Å². The lowest BCUT2D eigenvalue weighted by Gasteiger charge is -2.29. The van der Waals surface area contributed by atoms with Crippen LogP contribution in [0.3, 0.4) is 0 Å². The molecule has 0 unspecified atom stereocenters. The molecule has 1 aromatic carbocycles. The van der Waals surface area contributed by atoms with E-state index in [1.807, 2.05) is 0 Å². The van der Waals surface area contributed by atoms with Crippen LogP contribution in [0.25, 0.3) is 10.6 Å². The van der Waals surface area contributed by atoms with Crippen LogP contribution in [0.5, 0.6) is 0 Å². The molecular weight excluding hydrogens is 302 g/mol. The SMILES string of the molecule is Cc1ccc(-c2nc(CN3CCC[C@@H](N)C3)cs2)cc1.Cl. The van der Waals surface area contributed by atoms with E-state index in [9.17, 15) is 0 Å². The molecule has 1 atom stereocenters. The fourth-order valence-corrected chi connectivity index (χ4v) is 3.49. The molecule has 3 nitrogen and oxygen atoms in total. The summed E-state index contributed by atoms with van der Waals surface area (Å²) in [5.41, 5.74) is 9.69. The Hall–Kier alpha value is -0.940. The van der Waals surface area contributed by atoms with E-state index < -0.39 is 0 Å². The van der Waals surface area contributed by atoms with Gasteiger partial charge in [0.2, 0.25) is 0 Å². The molecular formula is C16H22ClN3S. The van der Waals surface area contributed by atoms with Gasteiger partial charge in [-0.1, -0.05) is 29.8 Å². The summed E-state index contributed by atoms with van der Waals surface area (Å²) in [5, 5.41) is 3.29. The standard InChI is InChI=1S/C16H21N3S.ClH/c1-12-4-6-13(7-5-12)16-18-15(11-20-16)10-19-8-2-3-14(17)9-19;/h4-7,11,14H,2-3,8-10,17H2,1H3;1H/t14-;/m1./s1. The summed E-state index contributed by atoms with van der Waals surface area (Å²) in [4.78, 5) is 7.18. The Labute approximate surface area is 136 Å². The highest BCUT2D eigenvalue weighted by molar-refractivity contribution is 7.13. The quantitative estimate of drug-likeness (QED) is 0.940. The van der Waals surface area contributed by atoms with Gasteiger partial charge in [0.05, 0.1) is 5.69 Å². The molecule has 0 saturated carbocycles. The van der Waals surface area contributed by atoms with E-state index in [2.05, 4.69) is 41.5 Å². The number of piperidine rings is 1. The molecule has 0 bridgehead atoms. The van der Waals surface area contributed by atoms with Gasteiger partial charge in [-0.25, -0.2) is 4.98 Å². The number of halogens is 1. The van der Waals surface area contributed by atoms with Crippen molar-refractivity contribution in [3.8, 4) is 10.6 Å². The Morgan fingerprint density at radius 1 is 1.33 bits per heavy atom. The van der Waals surface area contributed by atoms with Gasteiger partial charge in [0.25, 0.3) is 0 Å². The third kappa shape index (κ3) is 4.27. The van der Waals surface area contributed by atoms with Gasteiger partial charge < -0.3 is 5.73 Å². The molecule has 0 spiro atoms. The maximum absolute atomic E-state index is 6.03. The molecule has 0 radical (unpaired) electrons. The average Bonchev–Trinajstić information content (AvgIpc) is 2.88. The molecule has 3 rings (SSSR count). The highest BCUT2D eigenvalue weighted by atomic mass is 35.5. The number of likely N-dealkylation sites (tertiary alicyclic amines) is 1. The van der Waals surface area contributed by atoms with Crippen molar-refractivity contribution in [1.29, 1.82) is 0 Å². The zero-order valence-electron chi connectivity index (χ0n) is 12.3. The van der Waals surface area contributed by atoms with Crippen LogP contribution < -0.4 is 5.73 Å². The fraction of sp³-hybridized carbons (Fsp3) is 0.438. The highest BCUT2D eigenvalue weighted by Gasteiger charge is 2.17. The molecule has 2 N–H and O–H groups in total. The normalized spacial score (nSPS) is 19.2.